The van der Waals surface area contributed by atoms with Gasteiger partial charge in [0, 0.05) is 29.7 Å². The lowest BCUT2D eigenvalue weighted by atomic mass is 9.95. The van der Waals surface area contributed by atoms with E-state index in [4.69, 9.17) is 16.3 Å². The van der Waals surface area contributed by atoms with E-state index < -0.39 is 10.0 Å². The third-order valence-electron chi connectivity index (χ3n) is 8.67. The molecule has 4 aliphatic rings. The maximum absolute atomic E-state index is 13.8. The summed E-state index contributed by atoms with van der Waals surface area (Å²) in [4.78, 5) is 17.8. The number of ether oxygens (including phenoxy) is 1. The molecule has 0 bridgehead atoms. The van der Waals surface area contributed by atoms with E-state index in [0.717, 1.165) is 38.5 Å². The molecule has 3 saturated heterocycles. The molecule has 0 aromatic heterocycles. The fraction of sp³-hybridized carbons (Fsp3) is 0.741. The normalized spacial score (nSPS) is 30.8. The standard InChI is InChI=1S/C27H40ClN3O4S/c1-20-18-23(29-15-3-2-4-16-29)14-17-30(20)27(32)35-19-24-6-5-7-26(21-8-9-21)31(24)36(33,34)25-12-10-22(28)11-13-25/h10-13,20-21,23-24,26H,2-9,14-19H2,1H3/t20?,23?,24-,26+/m0/s1. The summed E-state index contributed by atoms with van der Waals surface area (Å²) in [5, 5.41) is 0.509. The van der Waals surface area contributed by atoms with Gasteiger partial charge < -0.3 is 14.5 Å². The van der Waals surface area contributed by atoms with Crippen LogP contribution in [0.3, 0.4) is 0 Å². The lowest BCUT2D eigenvalue weighted by Gasteiger charge is -2.44. The van der Waals surface area contributed by atoms with Gasteiger partial charge in [0.15, 0.2) is 0 Å². The summed E-state index contributed by atoms with van der Waals surface area (Å²) in [6.07, 6.45) is 10.2. The van der Waals surface area contributed by atoms with Crippen LogP contribution in [0.25, 0.3) is 0 Å². The molecule has 200 valence electrons. The average molecular weight is 538 g/mol. The van der Waals surface area contributed by atoms with E-state index in [-0.39, 0.29) is 35.7 Å². The second-order valence-electron chi connectivity index (χ2n) is 11.2. The average Bonchev–Trinajstić information content (AvgIpc) is 3.73. The number of rotatable bonds is 6. The van der Waals surface area contributed by atoms with Crippen LogP contribution in [-0.4, -0.2) is 79.0 Å². The molecule has 7 nitrogen and oxygen atoms in total. The number of piperidine rings is 3. The van der Waals surface area contributed by atoms with Crippen molar-refractivity contribution >= 4 is 27.7 Å². The van der Waals surface area contributed by atoms with Crippen molar-refractivity contribution in [3.63, 3.8) is 0 Å². The number of hydrogen-bond donors (Lipinski definition) is 0. The van der Waals surface area contributed by atoms with E-state index >= 15 is 0 Å². The molecule has 1 aromatic rings. The molecule has 2 unspecified atom stereocenters. The molecule has 0 spiro atoms. The van der Waals surface area contributed by atoms with Crippen LogP contribution in [0.2, 0.25) is 5.02 Å². The molecular formula is C27H40ClN3O4S. The SMILES string of the molecule is CC1CC(N2CCCCC2)CCN1C(=O)OC[C@@H]1CCC[C@H](C2CC2)N1S(=O)(=O)c1ccc(Cl)cc1. The van der Waals surface area contributed by atoms with Crippen molar-refractivity contribution in [3.05, 3.63) is 29.3 Å². The smallest absolute Gasteiger partial charge is 0.410 e. The molecule has 4 fully saturated rings. The third kappa shape index (κ3) is 5.71. The Labute approximate surface area is 221 Å². The summed E-state index contributed by atoms with van der Waals surface area (Å²) in [7, 11) is -3.72. The number of benzene rings is 1. The topological polar surface area (TPSA) is 70.2 Å². The maximum Gasteiger partial charge on any atom is 0.410 e. The highest BCUT2D eigenvalue weighted by atomic mass is 35.5. The molecule has 4 atom stereocenters. The van der Waals surface area contributed by atoms with Crippen molar-refractivity contribution in [1.82, 2.24) is 14.1 Å². The molecule has 1 saturated carbocycles. The van der Waals surface area contributed by atoms with Gasteiger partial charge in [0.2, 0.25) is 10.0 Å². The molecule has 3 aliphatic heterocycles. The molecule has 3 heterocycles. The van der Waals surface area contributed by atoms with Gasteiger partial charge in [-0.1, -0.05) is 24.4 Å². The second kappa shape index (κ2) is 11.2. The van der Waals surface area contributed by atoms with E-state index in [1.807, 2.05) is 4.90 Å². The quantitative estimate of drug-likeness (QED) is 0.502. The molecule has 5 rings (SSSR count). The number of halogens is 1. The fourth-order valence-corrected chi connectivity index (χ4v) is 8.60. The predicted octanol–water partition coefficient (Wildman–Crippen LogP) is 5.14. The first kappa shape index (κ1) is 26.3. The highest BCUT2D eigenvalue weighted by Crippen LogP contribution is 2.43. The highest BCUT2D eigenvalue weighted by Gasteiger charge is 2.46. The maximum atomic E-state index is 13.8. The third-order valence-corrected chi connectivity index (χ3v) is 10.9. The van der Waals surface area contributed by atoms with E-state index in [9.17, 15) is 13.2 Å². The predicted molar refractivity (Wildman–Crippen MR) is 141 cm³/mol. The Balaban J connectivity index is 1.24. The number of sulfonamides is 1. The number of carbonyl (C=O) groups is 1. The van der Waals surface area contributed by atoms with Gasteiger partial charge in [-0.2, -0.15) is 4.31 Å². The Kier molecular flexibility index (Phi) is 8.15. The van der Waals surface area contributed by atoms with Gasteiger partial charge in [0.1, 0.15) is 6.61 Å². The van der Waals surface area contributed by atoms with Crippen molar-refractivity contribution in [2.24, 2.45) is 5.92 Å². The lowest BCUT2D eigenvalue weighted by Crippen LogP contribution is -2.54. The van der Waals surface area contributed by atoms with Gasteiger partial charge in [0.25, 0.3) is 0 Å². The van der Waals surface area contributed by atoms with Crippen LogP contribution in [0.1, 0.15) is 71.1 Å². The number of hydrogen-bond acceptors (Lipinski definition) is 5. The number of nitrogens with zero attached hydrogens (tertiary/aromatic N) is 3. The van der Waals surface area contributed by atoms with E-state index in [1.54, 1.807) is 28.6 Å². The molecular weight excluding hydrogens is 498 g/mol. The Morgan fingerprint density at radius 1 is 0.972 bits per heavy atom. The van der Waals surface area contributed by atoms with E-state index in [1.165, 1.54) is 32.4 Å². The van der Waals surface area contributed by atoms with Crippen LogP contribution in [-0.2, 0) is 14.8 Å². The zero-order valence-corrected chi connectivity index (χ0v) is 22.9. The first-order chi connectivity index (χ1) is 17.3. The van der Waals surface area contributed by atoms with Crippen molar-refractivity contribution < 1.29 is 17.9 Å². The van der Waals surface area contributed by atoms with Crippen molar-refractivity contribution in [2.75, 3.05) is 26.2 Å². The number of likely N-dealkylation sites (tertiary alicyclic amines) is 2. The summed E-state index contributed by atoms with van der Waals surface area (Å²) in [6, 6.07) is 6.70. The molecule has 9 heteroatoms. The molecule has 0 radical (unpaired) electrons. The first-order valence-corrected chi connectivity index (χ1v) is 15.6. The summed E-state index contributed by atoms with van der Waals surface area (Å²) in [6.45, 7) is 5.25. The summed E-state index contributed by atoms with van der Waals surface area (Å²) >= 11 is 6.02. The van der Waals surface area contributed by atoms with Crippen molar-refractivity contribution in [3.8, 4) is 0 Å². The fourth-order valence-electron chi connectivity index (χ4n) is 6.56. The van der Waals surface area contributed by atoms with Crippen LogP contribution in [0.15, 0.2) is 29.2 Å². The Hall–Kier alpha value is -1.35. The first-order valence-electron chi connectivity index (χ1n) is 13.8. The summed E-state index contributed by atoms with van der Waals surface area (Å²) in [5.74, 6) is 0.402. The molecule has 0 N–H and O–H groups in total. The van der Waals surface area contributed by atoms with E-state index in [0.29, 0.717) is 29.9 Å². The van der Waals surface area contributed by atoms with Gasteiger partial charge in [-0.15, -0.1) is 0 Å². The lowest BCUT2D eigenvalue weighted by molar-refractivity contribution is 0.0270. The Morgan fingerprint density at radius 3 is 2.36 bits per heavy atom. The molecule has 36 heavy (non-hydrogen) atoms. The van der Waals surface area contributed by atoms with E-state index in [2.05, 4.69) is 11.8 Å². The molecule has 1 amide bonds. The van der Waals surface area contributed by atoms with Crippen LogP contribution < -0.4 is 0 Å². The van der Waals surface area contributed by atoms with Gasteiger partial charge in [-0.3, -0.25) is 0 Å². The largest absolute Gasteiger partial charge is 0.448 e. The van der Waals surface area contributed by atoms with Crippen LogP contribution in [0.5, 0.6) is 0 Å². The zero-order chi connectivity index (χ0) is 25.3. The minimum absolute atomic E-state index is 0.0256. The minimum Gasteiger partial charge on any atom is -0.448 e. The van der Waals surface area contributed by atoms with Crippen molar-refractivity contribution in [2.45, 2.75) is 100 Å². The highest BCUT2D eigenvalue weighted by molar-refractivity contribution is 7.89. The number of carbonyl (C=O) groups excluding carboxylic acids is 1. The number of amides is 1. The monoisotopic (exact) mass is 537 g/mol. The van der Waals surface area contributed by atoms with Gasteiger partial charge in [-0.05, 0) is 102 Å². The van der Waals surface area contributed by atoms with Crippen molar-refractivity contribution in [1.29, 1.82) is 0 Å². The minimum atomic E-state index is -3.72. The Morgan fingerprint density at radius 2 is 1.69 bits per heavy atom. The Bertz CT molecular complexity index is 1010. The zero-order valence-electron chi connectivity index (χ0n) is 21.4. The van der Waals surface area contributed by atoms with Crippen LogP contribution in [0, 0.1) is 5.92 Å². The summed E-state index contributed by atoms with van der Waals surface area (Å²) < 4.78 is 35.1. The summed E-state index contributed by atoms with van der Waals surface area (Å²) in [5.41, 5.74) is 0. The van der Waals surface area contributed by atoms with Gasteiger partial charge in [0.05, 0.1) is 10.9 Å². The molecule has 1 aromatic carbocycles. The molecule has 1 aliphatic carbocycles. The van der Waals surface area contributed by atoms with Crippen LogP contribution in [0.4, 0.5) is 4.79 Å². The second-order valence-corrected chi connectivity index (χ2v) is 13.5. The van der Waals surface area contributed by atoms with Gasteiger partial charge >= 0.3 is 6.09 Å². The van der Waals surface area contributed by atoms with Gasteiger partial charge in [-0.25, -0.2) is 13.2 Å². The van der Waals surface area contributed by atoms with Crippen LogP contribution >= 0.6 is 11.6 Å².